The molecule has 0 aliphatic carbocycles. The van der Waals surface area contributed by atoms with E-state index in [-0.39, 0.29) is 5.96 Å². The van der Waals surface area contributed by atoms with Crippen LogP contribution in [0, 0.1) is 5.41 Å². The van der Waals surface area contributed by atoms with Gasteiger partial charge in [0, 0.05) is 13.1 Å². The van der Waals surface area contributed by atoms with E-state index in [1.165, 1.54) is 10.9 Å². The fourth-order valence-electron chi connectivity index (χ4n) is 2.95. The molecule has 2 aromatic rings. The highest BCUT2D eigenvalue weighted by molar-refractivity contribution is 7.80. The Labute approximate surface area is 166 Å². The number of guanidine groups is 1. The molecule has 1 saturated heterocycles. The van der Waals surface area contributed by atoms with Gasteiger partial charge in [-0.05, 0) is 12.8 Å². The minimum Gasteiger partial charge on any atom is -0.394 e. The zero-order chi connectivity index (χ0) is 20.3. The first kappa shape index (κ1) is 20.5. The Kier molecular flexibility index (Phi) is 6.51. The molecule has 2 aromatic heterocycles. The second kappa shape index (κ2) is 8.87. The molecule has 0 spiro atoms. The monoisotopic (exact) mass is 412 g/mol. The summed E-state index contributed by atoms with van der Waals surface area (Å²) in [5.74, 6) is 0.283. The molecule has 0 radical (unpaired) electrons. The Bertz CT molecular complexity index is 834. The number of aliphatic hydroxyl groups is 3. The van der Waals surface area contributed by atoms with E-state index in [1.54, 1.807) is 0 Å². The van der Waals surface area contributed by atoms with E-state index in [2.05, 4.69) is 38.2 Å². The number of ether oxygens (including phenoxy) is 1. The van der Waals surface area contributed by atoms with E-state index in [0.29, 0.717) is 35.2 Å². The predicted octanol–water partition coefficient (Wildman–Crippen LogP) is -1.60. The molecular weight excluding hydrogens is 388 g/mol. The molecule has 1 fully saturated rings. The number of aromatic nitrogens is 4. The molecule has 1 aliphatic heterocycles. The van der Waals surface area contributed by atoms with Gasteiger partial charge in [-0.25, -0.2) is 9.97 Å². The molecule has 0 saturated carbocycles. The molecule has 28 heavy (non-hydrogen) atoms. The van der Waals surface area contributed by atoms with Crippen LogP contribution in [0.3, 0.4) is 0 Å². The topological polar surface area (TPSA) is 187 Å². The Morgan fingerprint density at radius 3 is 2.71 bits per heavy atom. The van der Waals surface area contributed by atoms with Crippen LogP contribution in [0.15, 0.2) is 11.4 Å². The summed E-state index contributed by atoms with van der Waals surface area (Å²) in [4.78, 5) is 12.9. The van der Waals surface area contributed by atoms with Gasteiger partial charge in [-0.15, -0.1) is 12.6 Å². The molecule has 8 N–H and O–H groups in total. The zero-order valence-corrected chi connectivity index (χ0v) is 15.9. The van der Waals surface area contributed by atoms with E-state index in [4.69, 9.17) is 15.9 Å². The smallest absolute Gasteiger partial charge is 0.225 e. The lowest BCUT2D eigenvalue weighted by Crippen LogP contribution is -2.33. The van der Waals surface area contributed by atoms with E-state index < -0.39 is 31.1 Å². The molecule has 1 unspecified atom stereocenters. The normalized spacial score (nSPS) is 24.6. The summed E-state index contributed by atoms with van der Waals surface area (Å²) in [5.41, 5.74) is 6.03. The fraction of sp³-hybridized carbons (Fsp3) is 0.600. The van der Waals surface area contributed by atoms with Crippen LogP contribution < -0.4 is 16.4 Å². The number of nitrogens with zero attached hydrogens (tertiary/aromatic N) is 4. The maximum Gasteiger partial charge on any atom is 0.225 e. The highest BCUT2D eigenvalue weighted by atomic mass is 32.1. The minimum absolute atomic E-state index is 0.0559. The Morgan fingerprint density at radius 2 is 2.04 bits per heavy atom. The van der Waals surface area contributed by atoms with Crippen LogP contribution in [0.2, 0.25) is 0 Å². The standard InChI is InChI=1S/C15H24N8O4S/c16-14(17)18-3-1-2-4-19-15-21-11-8(12(28)22-15)20-6-23(11)13-10(26)9(25)7(5-24)27-13/h6-7,9-10,13,24-26H,1-5H2,(H4,16,17,18)(H2,19,21,22,28)/t7-,9+,10?,13-/m1/s1. The summed E-state index contributed by atoms with van der Waals surface area (Å²) in [5, 5.41) is 42.8. The fourth-order valence-corrected chi connectivity index (χ4v) is 3.20. The maximum absolute atomic E-state index is 10.2. The van der Waals surface area contributed by atoms with Crippen LogP contribution in [0.1, 0.15) is 19.1 Å². The number of anilines is 1. The molecule has 154 valence electrons. The molecule has 1 aliphatic rings. The van der Waals surface area contributed by atoms with Gasteiger partial charge in [-0.1, -0.05) is 0 Å². The van der Waals surface area contributed by atoms with Crippen molar-refractivity contribution in [2.24, 2.45) is 5.73 Å². The zero-order valence-electron chi connectivity index (χ0n) is 15.0. The molecule has 0 amide bonds. The molecule has 13 heteroatoms. The third-order valence-electron chi connectivity index (χ3n) is 4.40. The minimum atomic E-state index is -1.24. The molecule has 3 rings (SSSR count). The first-order valence-corrected chi connectivity index (χ1v) is 9.25. The van der Waals surface area contributed by atoms with Gasteiger partial charge >= 0.3 is 0 Å². The first-order chi connectivity index (χ1) is 13.4. The van der Waals surface area contributed by atoms with Crippen molar-refractivity contribution in [3.63, 3.8) is 0 Å². The summed E-state index contributed by atoms with van der Waals surface area (Å²) < 4.78 is 7.03. The van der Waals surface area contributed by atoms with Crippen molar-refractivity contribution in [3.05, 3.63) is 6.33 Å². The second-order valence-electron chi connectivity index (χ2n) is 6.40. The third-order valence-corrected chi connectivity index (χ3v) is 4.71. The maximum atomic E-state index is 10.2. The largest absolute Gasteiger partial charge is 0.394 e. The quantitative estimate of drug-likeness (QED) is 0.0824. The van der Waals surface area contributed by atoms with Crippen molar-refractivity contribution < 1.29 is 20.1 Å². The average Bonchev–Trinajstić information content (AvgIpc) is 3.20. The Balaban J connectivity index is 1.71. The van der Waals surface area contributed by atoms with Gasteiger partial charge in [0.15, 0.2) is 17.8 Å². The van der Waals surface area contributed by atoms with Gasteiger partial charge in [-0.3, -0.25) is 9.98 Å². The first-order valence-electron chi connectivity index (χ1n) is 8.80. The third kappa shape index (κ3) is 4.28. The lowest BCUT2D eigenvalue weighted by Gasteiger charge is -2.16. The van der Waals surface area contributed by atoms with Gasteiger partial charge in [-0.2, -0.15) is 4.98 Å². The number of nitrogens with two attached hydrogens (primary N) is 1. The SMILES string of the molecule is N=C(N)NCCCCNc1nc(S)c2ncn([C@@H]3O[C@H](CO)[C@H](O)C3O)c2n1. The Hall–Kier alpha value is -2.19. The van der Waals surface area contributed by atoms with Crippen molar-refractivity contribution in [2.75, 3.05) is 25.0 Å². The Morgan fingerprint density at radius 1 is 1.29 bits per heavy atom. The predicted molar refractivity (Wildman–Crippen MR) is 103 cm³/mol. The van der Waals surface area contributed by atoms with Crippen LogP contribution >= 0.6 is 12.6 Å². The number of rotatable bonds is 8. The van der Waals surface area contributed by atoms with E-state index >= 15 is 0 Å². The highest BCUT2D eigenvalue weighted by Gasteiger charge is 2.44. The molecule has 0 bridgehead atoms. The number of nitrogens with one attached hydrogen (secondary N) is 3. The number of imidazole rings is 1. The molecular formula is C15H24N8O4S. The van der Waals surface area contributed by atoms with E-state index in [1.807, 2.05) is 0 Å². The van der Waals surface area contributed by atoms with Gasteiger partial charge < -0.3 is 36.4 Å². The summed E-state index contributed by atoms with van der Waals surface area (Å²) >= 11 is 4.35. The molecule has 3 heterocycles. The number of fused-ring (bicyclic) bond motifs is 1. The lowest BCUT2D eigenvalue weighted by molar-refractivity contribution is -0.0511. The van der Waals surface area contributed by atoms with Crippen LogP contribution in [0.5, 0.6) is 0 Å². The molecule has 4 atom stereocenters. The second-order valence-corrected chi connectivity index (χ2v) is 6.82. The summed E-state index contributed by atoms with van der Waals surface area (Å²) in [6, 6.07) is 0. The lowest BCUT2D eigenvalue weighted by atomic mass is 10.1. The summed E-state index contributed by atoms with van der Waals surface area (Å²) in [6.07, 6.45) is -1.25. The van der Waals surface area contributed by atoms with Crippen LogP contribution in [-0.4, -0.2) is 78.8 Å². The van der Waals surface area contributed by atoms with Crippen molar-refractivity contribution in [1.29, 1.82) is 5.41 Å². The average molecular weight is 412 g/mol. The van der Waals surface area contributed by atoms with Gasteiger partial charge in [0.1, 0.15) is 28.9 Å². The van der Waals surface area contributed by atoms with Crippen molar-refractivity contribution in [3.8, 4) is 0 Å². The van der Waals surface area contributed by atoms with Crippen molar-refractivity contribution in [2.45, 2.75) is 42.4 Å². The highest BCUT2D eigenvalue weighted by Crippen LogP contribution is 2.32. The summed E-state index contributed by atoms with van der Waals surface area (Å²) in [6.45, 7) is 0.784. The van der Waals surface area contributed by atoms with Gasteiger partial charge in [0.2, 0.25) is 5.95 Å². The molecule has 0 aromatic carbocycles. The van der Waals surface area contributed by atoms with Gasteiger partial charge in [0.25, 0.3) is 0 Å². The van der Waals surface area contributed by atoms with Crippen LogP contribution in [-0.2, 0) is 4.74 Å². The van der Waals surface area contributed by atoms with Crippen LogP contribution in [0.25, 0.3) is 11.2 Å². The van der Waals surface area contributed by atoms with E-state index in [0.717, 1.165) is 12.8 Å². The van der Waals surface area contributed by atoms with Crippen molar-refractivity contribution in [1.82, 2.24) is 24.8 Å². The van der Waals surface area contributed by atoms with Crippen LogP contribution in [0.4, 0.5) is 5.95 Å². The van der Waals surface area contributed by atoms with Gasteiger partial charge in [0.05, 0.1) is 12.9 Å². The summed E-state index contributed by atoms with van der Waals surface area (Å²) in [7, 11) is 0. The number of unbranched alkanes of at least 4 members (excludes halogenated alkanes) is 1. The molecule has 12 nitrogen and oxygen atoms in total. The van der Waals surface area contributed by atoms with Crippen molar-refractivity contribution >= 4 is 35.7 Å². The van der Waals surface area contributed by atoms with E-state index in [9.17, 15) is 15.3 Å². The number of thiol groups is 1. The number of hydrogen-bond donors (Lipinski definition) is 8. The number of aliphatic hydroxyl groups excluding tert-OH is 3. The number of hydrogen-bond acceptors (Lipinski definition) is 10.